The molecule has 0 atom stereocenters. The average Bonchev–Trinajstić information content (AvgIpc) is 2.81. The topological polar surface area (TPSA) is 88.9 Å². The number of nitrogens with one attached hydrogen (secondary N) is 2. The number of rotatable bonds is 2. The SMILES string of the molecule is Cc1cccc(NC(=O)C(=O)Nn2cnnc2)c1. The lowest BCUT2D eigenvalue weighted by molar-refractivity contribution is -0.133. The number of hydrogen-bond acceptors (Lipinski definition) is 4. The molecule has 0 radical (unpaired) electrons. The second-order valence-electron chi connectivity index (χ2n) is 3.63. The summed E-state index contributed by atoms with van der Waals surface area (Å²) in [4.78, 5) is 23.1. The van der Waals surface area contributed by atoms with Gasteiger partial charge in [0.2, 0.25) is 0 Å². The molecule has 92 valence electrons. The van der Waals surface area contributed by atoms with Gasteiger partial charge in [0, 0.05) is 5.69 Å². The number of benzene rings is 1. The monoisotopic (exact) mass is 245 g/mol. The summed E-state index contributed by atoms with van der Waals surface area (Å²) in [5.41, 5.74) is 3.86. The number of aryl methyl sites for hydroxylation is 1. The molecule has 0 aliphatic carbocycles. The first-order valence-electron chi connectivity index (χ1n) is 5.19. The lowest BCUT2D eigenvalue weighted by Gasteiger charge is -2.06. The van der Waals surface area contributed by atoms with E-state index in [0.717, 1.165) is 5.56 Å². The molecule has 7 heteroatoms. The van der Waals surface area contributed by atoms with Gasteiger partial charge >= 0.3 is 11.8 Å². The van der Waals surface area contributed by atoms with Crippen molar-refractivity contribution < 1.29 is 9.59 Å². The van der Waals surface area contributed by atoms with Gasteiger partial charge in [-0.05, 0) is 24.6 Å². The quantitative estimate of drug-likeness (QED) is 0.744. The van der Waals surface area contributed by atoms with E-state index >= 15 is 0 Å². The number of nitrogens with zero attached hydrogens (tertiary/aromatic N) is 3. The van der Waals surface area contributed by atoms with Crippen LogP contribution < -0.4 is 10.7 Å². The van der Waals surface area contributed by atoms with Crippen LogP contribution >= 0.6 is 0 Å². The molecule has 0 bridgehead atoms. The molecular formula is C11H11N5O2. The highest BCUT2D eigenvalue weighted by Gasteiger charge is 2.13. The Kier molecular flexibility index (Phi) is 3.33. The zero-order valence-corrected chi connectivity index (χ0v) is 9.62. The zero-order chi connectivity index (χ0) is 13.0. The standard InChI is InChI=1S/C11H11N5O2/c1-8-3-2-4-9(5-8)14-10(17)11(18)15-16-6-12-13-7-16/h2-7H,1H3,(H,14,17)(H,15,18). The maximum Gasteiger partial charge on any atom is 0.328 e. The van der Waals surface area contributed by atoms with Crippen molar-refractivity contribution in [2.45, 2.75) is 6.92 Å². The Morgan fingerprint density at radius 2 is 1.89 bits per heavy atom. The van der Waals surface area contributed by atoms with Crippen molar-refractivity contribution in [3.63, 3.8) is 0 Å². The van der Waals surface area contributed by atoms with Crippen molar-refractivity contribution in [1.29, 1.82) is 0 Å². The fourth-order valence-electron chi connectivity index (χ4n) is 1.34. The molecule has 7 nitrogen and oxygen atoms in total. The molecule has 1 aromatic carbocycles. The van der Waals surface area contributed by atoms with Crippen LogP contribution in [0.25, 0.3) is 0 Å². The largest absolute Gasteiger partial charge is 0.328 e. The Labute approximate surface area is 103 Å². The molecule has 0 saturated heterocycles. The number of anilines is 1. The number of amides is 2. The van der Waals surface area contributed by atoms with Crippen LogP contribution in [-0.2, 0) is 9.59 Å². The van der Waals surface area contributed by atoms with Gasteiger partial charge in [0.1, 0.15) is 12.7 Å². The highest BCUT2D eigenvalue weighted by Crippen LogP contribution is 2.09. The normalized spacial score (nSPS) is 9.83. The molecule has 0 saturated carbocycles. The third-order valence-corrected chi connectivity index (χ3v) is 2.13. The first-order chi connectivity index (χ1) is 8.65. The lowest BCUT2D eigenvalue weighted by atomic mass is 10.2. The minimum atomic E-state index is -0.795. The third-order valence-electron chi connectivity index (χ3n) is 2.13. The van der Waals surface area contributed by atoms with Gasteiger partial charge in [-0.15, -0.1) is 10.2 Å². The van der Waals surface area contributed by atoms with Crippen LogP contribution in [0.5, 0.6) is 0 Å². The minimum Gasteiger partial charge on any atom is -0.318 e. The Morgan fingerprint density at radius 3 is 2.56 bits per heavy atom. The van der Waals surface area contributed by atoms with Gasteiger partial charge in [-0.2, -0.15) is 0 Å². The number of aromatic nitrogens is 3. The fraction of sp³-hybridized carbons (Fsp3) is 0.0909. The van der Waals surface area contributed by atoms with Crippen LogP contribution in [0.3, 0.4) is 0 Å². The number of hydrogen-bond donors (Lipinski definition) is 2. The van der Waals surface area contributed by atoms with Crippen LogP contribution in [0, 0.1) is 6.92 Å². The molecule has 0 spiro atoms. The molecule has 1 heterocycles. The Bertz CT molecular complexity index is 565. The molecule has 1 aromatic heterocycles. The van der Waals surface area contributed by atoms with E-state index in [1.807, 2.05) is 13.0 Å². The summed E-state index contributed by atoms with van der Waals surface area (Å²) in [6.45, 7) is 1.90. The summed E-state index contributed by atoms with van der Waals surface area (Å²) in [7, 11) is 0. The van der Waals surface area contributed by atoms with Crippen molar-refractivity contribution in [2.24, 2.45) is 0 Å². The van der Waals surface area contributed by atoms with Crippen molar-refractivity contribution in [3.8, 4) is 0 Å². The van der Waals surface area contributed by atoms with Gasteiger partial charge in [-0.1, -0.05) is 12.1 Å². The van der Waals surface area contributed by atoms with Crippen molar-refractivity contribution in [3.05, 3.63) is 42.5 Å². The van der Waals surface area contributed by atoms with E-state index in [9.17, 15) is 9.59 Å². The van der Waals surface area contributed by atoms with E-state index in [-0.39, 0.29) is 0 Å². The van der Waals surface area contributed by atoms with E-state index in [1.54, 1.807) is 18.2 Å². The van der Waals surface area contributed by atoms with Crippen LogP contribution in [0.1, 0.15) is 5.56 Å². The van der Waals surface area contributed by atoms with Gasteiger partial charge in [-0.3, -0.25) is 15.0 Å². The van der Waals surface area contributed by atoms with Gasteiger partial charge in [-0.25, -0.2) is 4.68 Å². The second kappa shape index (κ2) is 5.09. The van der Waals surface area contributed by atoms with Crippen molar-refractivity contribution >= 4 is 17.5 Å². The summed E-state index contributed by atoms with van der Waals surface area (Å²) in [5, 5.41) is 9.48. The molecule has 2 amide bonds. The molecular weight excluding hydrogens is 234 g/mol. The summed E-state index contributed by atoms with van der Waals surface area (Å²) in [6, 6.07) is 7.16. The maximum atomic E-state index is 11.6. The molecule has 0 unspecified atom stereocenters. The van der Waals surface area contributed by atoms with E-state index in [0.29, 0.717) is 5.69 Å². The van der Waals surface area contributed by atoms with E-state index in [1.165, 1.54) is 17.3 Å². The highest BCUT2D eigenvalue weighted by molar-refractivity contribution is 6.42. The second-order valence-corrected chi connectivity index (χ2v) is 3.63. The molecule has 2 rings (SSSR count). The average molecular weight is 245 g/mol. The Hall–Kier alpha value is -2.70. The molecule has 0 fully saturated rings. The van der Waals surface area contributed by atoms with Gasteiger partial charge < -0.3 is 5.32 Å². The third kappa shape index (κ3) is 2.91. The first kappa shape index (κ1) is 11.8. The van der Waals surface area contributed by atoms with Crippen LogP contribution in [0.4, 0.5) is 5.69 Å². The molecule has 18 heavy (non-hydrogen) atoms. The Balaban J connectivity index is 1.97. The molecule has 0 aliphatic rings. The maximum absolute atomic E-state index is 11.6. The molecule has 2 N–H and O–H groups in total. The smallest absolute Gasteiger partial charge is 0.318 e. The van der Waals surface area contributed by atoms with Crippen LogP contribution in [0.2, 0.25) is 0 Å². The van der Waals surface area contributed by atoms with Gasteiger partial charge in [0.05, 0.1) is 0 Å². The summed E-state index contributed by atoms with van der Waals surface area (Å²) in [6.07, 6.45) is 2.55. The minimum absolute atomic E-state index is 0.568. The first-order valence-corrected chi connectivity index (χ1v) is 5.19. The van der Waals surface area contributed by atoms with Crippen molar-refractivity contribution in [2.75, 3.05) is 10.7 Å². The molecule has 2 aromatic rings. The number of carbonyl (C=O) groups excluding carboxylic acids is 2. The van der Waals surface area contributed by atoms with E-state index in [4.69, 9.17) is 0 Å². The highest BCUT2D eigenvalue weighted by atomic mass is 16.2. The van der Waals surface area contributed by atoms with E-state index in [2.05, 4.69) is 20.9 Å². The number of carbonyl (C=O) groups is 2. The van der Waals surface area contributed by atoms with E-state index < -0.39 is 11.8 Å². The van der Waals surface area contributed by atoms with Crippen LogP contribution in [0.15, 0.2) is 36.9 Å². The van der Waals surface area contributed by atoms with Gasteiger partial charge in [0.25, 0.3) is 0 Å². The molecule has 0 aliphatic heterocycles. The zero-order valence-electron chi connectivity index (χ0n) is 9.62. The summed E-state index contributed by atoms with van der Waals surface area (Å²) < 4.78 is 1.19. The summed E-state index contributed by atoms with van der Waals surface area (Å²) >= 11 is 0. The lowest BCUT2D eigenvalue weighted by Crippen LogP contribution is -2.33. The predicted octanol–water partition coefficient (Wildman–Crippen LogP) is 0.295. The van der Waals surface area contributed by atoms with Crippen LogP contribution in [-0.4, -0.2) is 26.7 Å². The van der Waals surface area contributed by atoms with Gasteiger partial charge in [0.15, 0.2) is 0 Å². The fourth-order valence-corrected chi connectivity index (χ4v) is 1.34. The summed E-state index contributed by atoms with van der Waals surface area (Å²) in [5.74, 6) is -1.55. The Morgan fingerprint density at radius 1 is 1.17 bits per heavy atom. The van der Waals surface area contributed by atoms with Crippen molar-refractivity contribution in [1.82, 2.24) is 14.9 Å². The predicted molar refractivity (Wildman–Crippen MR) is 64.2 cm³/mol.